The van der Waals surface area contributed by atoms with E-state index in [-0.39, 0.29) is 6.54 Å². The number of hydrogen-bond donors (Lipinski definition) is 1. The monoisotopic (exact) mass is 355 g/mol. The first kappa shape index (κ1) is 18.8. The zero-order chi connectivity index (χ0) is 18.4. The van der Waals surface area contributed by atoms with Crippen molar-refractivity contribution in [2.24, 2.45) is 0 Å². The van der Waals surface area contributed by atoms with Crippen molar-refractivity contribution in [2.75, 3.05) is 26.2 Å². The standard InChI is InChI=1S/C17H20F3N3O2/c1-2-8-23(12-17(18,19)20)15(24)10-21-16(25)22-9-7-13-5-3-4-6-14(13)11-22/h2-6H,1,7-12H2,(H,21,25). The highest BCUT2D eigenvalue weighted by Gasteiger charge is 2.32. The summed E-state index contributed by atoms with van der Waals surface area (Å²) in [5.41, 5.74) is 2.20. The molecule has 0 atom stereocenters. The Morgan fingerprint density at radius 1 is 1.28 bits per heavy atom. The summed E-state index contributed by atoms with van der Waals surface area (Å²) in [7, 11) is 0. The van der Waals surface area contributed by atoms with E-state index in [0.717, 1.165) is 5.56 Å². The minimum Gasteiger partial charge on any atom is -0.329 e. The van der Waals surface area contributed by atoms with E-state index in [1.807, 2.05) is 24.3 Å². The second-order valence-electron chi connectivity index (χ2n) is 5.78. The van der Waals surface area contributed by atoms with Gasteiger partial charge in [-0.05, 0) is 17.5 Å². The highest BCUT2D eigenvalue weighted by atomic mass is 19.4. The van der Waals surface area contributed by atoms with Gasteiger partial charge in [0.15, 0.2) is 0 Å². The molecular formula is C17H20F3N3O2. The Kier molecular flexibility index (Phi) is 6.06. The number of amides is 3. The van der Waals surface area contributed by atoms with Crippen LogP contribution in [-0.4, -0.2) is 54.1 Å². The van der Waals surface area contributed by atoms with Crippen LogP contribution in [0.25, 0.3) is 0 Å². The Balaban J connectivity index is 1.88. The molecule has 8 heteroatoms. The van der Waals surface area contributed by atoms with Crippen molar-refractivity contribution in [3.63, 3.8) is 0 Å². The number of carbonyl (C=O) groups excluding carboxylic acids is 2. The third kappa shape index (κ3) is 5.51. The van der Waals surface area contributed by atoms with Gasteiger partial charge >= 0.3 is 12.2 Å². The normalized spacial score (nSPS) is 13.8. The molecule has 0 saturated heterocycles. The molecule has 1 aliphatic rings. The number of urea groups is 1. The van der Waals surface area contributed by atoms with Crippen molar-refractivity contribution in [1.82, 2.24) is 15.1 Å². The fourth-order valence-corrected chi connectivity index (χ4v) is 2.67. The van der Waals surface area contributed by atoms with Crippen molar-refractivity contribution in [3.8, 4) is 0 Å². The van der Waals surface area contributed by atoms with Gasteiger partial charge in [-0.25, -0.2) is 4.79 Å². The molecule has 0 bridgehead atoms. The van der Waals surface area contributed by atoms with Crippen LogP contribution in [0.15, 0.2) is 36.9 Å². The number of benzene rings is 1. The van der Waals surface area contributed by atoms with Crippen LogP contribution in [0.1, 0.15) is 11.1 Å². The van der Waals surface area contributed by atoms with Gasteiger partial charge in [0, 0.05) is 19.6 Å². The molecule has 1 aliphatic heterocycles. The average molecular weight is 355 g/mol. The number of alkyl halides is 3. The van der Waals surface area contributed by atoms with Crippen LogP contribution < -0.4 is 5.32 Å². The van der Waals surface area contributed by atoms with Gasteiger partial charge in [0.25, 0.3) is 0 Å². The van der Waals surface area contributed by atoms with E-state index in [0.29, 0.717) is 24.4 Å². The van der Waals surface area contributed by atoms with Crippen LogP contribution in [0.4, 0.5) is 18.0 Å². The molecule has 1 aromatic carbocycles. The lowest BCUT2D eigenvalue weighted by Gasteiger charge is -2.29. The molecule has 0 radical (unpaired) electrons. The highest BCUT2D eigenvalue weighted by molar-refractivity contribution is 5.84. The Labute approximate surface area is 144 Å². The first-order valence-corrected chi connectivity index (χ1v) is 7.85. The lowest BCUT2D eigenvalue weighted by molar-refractivity contribution is -0.159. The zero-order valence-electron chi connectivity index (χ0n) is 13.7. The van der Waals surface area contributed by atoms with Crippen LogP contribution in [0.2, 0.25) is 0 Å². The van der Waals surface area contributed by atoms with Gasteiger partial charge in [-0.2, -0.15) is 13.2 Å². The van der Waals surface area contributed by atoms with E-state index in [4.69, 9.17) is 0 Å². The van der Waals surface area contributed by atoms with Crippen molar-refractivity contribution >= 4 is 11.9 Å². The molecule has 0 unspecified atom stereocenters. The molecule has 25 heavy (non-hydrogen) atoms. The molecule has 0 spiro atoms. The summed E-state index contributed by atoms with van der Waals surface area (Å²) in [5, 5.41) is 2.40. The number of carbonyl (C=O) groups is 2. The minimum absolute atomic E-state index is 0.231. The molecule has 1 heterocycles. The maximum atomic E-state index is 12.5. The van der Waals surface area contributed by atoms with E-state index in [9.17, 15) is 22.8 Å². The van der Waals surface area contributed by atoms with Gasteiger partial charge in [-0.3, -0.25) is 4.79 Å². The van der Waals surface area contributed by atoms with Gasteiger partial charge in [-0.15, -0.1) is 6.58 Å². The second-order valence-corrected chi connectivity index (χ2v) is 5.78. The summed E-state index contributed by atoms with van der Waals surface area (Å²) in [4.78, 5) is 26.3. The number of halogens is 3. The summed E-state index contributed by atoms with van der Waals surface area (Å²) >= 11 is 0. The predicted octanol–water partition coefficient (Wildman–Crippen LogP) is 2.33. The maximum Gasteiger partial charge on any atom is 0.406 e. The molecule has 1 aromatic rings. The Morgan fingerprint density at radius 2 is 1.96 bits per heavy atom. The van der Waals surface area contributed by atoms with E-state index < -0.39 is 31.2 Å². The topological polar surface area (TPSA) is 52.7 Å². The van der Waals surface area contributed by atoms with Crippen molar-refractivity contribution in [1.29, 1.82) is 0 Å². The third-order valence-electron chi connectivity index (χ3n) is 3.88. The predicted molar refractivity (Wildman–Crippen MR) is 86.8 cm³/mol. The summed E-state index contributed by atoms with van der Waals surface area (Å²) in [6.07, 6.45) is -2.58. The summed E-state index contributed by atoms with van der Waals surface area (Å²) in [6, 6.07) is 7.28. The maximum absolute atomic E-state index is 12.5. The average Bonchev–Trinajstić information content (AvgIpc) is 2.57. The molecule has 0 saturated carbocycles. The first-order chi connectivity index (χ1) is 11.8. The number of nitrogens with zero attached hydrogens (tertiary/aromatic N) is 2. The van der Waals surface area contributed by atoms with Crippen LogP contribution in [0, 0.1) is 0 Å². The summed E-state index contributed by atoms with van der Waals surface area (Å²) < 4.78 is 37.5. The van der Waals surface area contributed by atoms with Crippen LogP contribution in [-0.2, 0) is 17.8 Å². The molecule has 2 rings (SSSR count). The minimum atomic E-state index is -4.50. The van der Waals surface area contributed by atoms with Crippen molar-refractivity contribution in [3.05, 3.63) is 48.0 Å². The smallest absolute Gasteiger partial charge is 0.329 e. The number of fused-ring (bicyclic) bond motifs is 1. The van der Waals surface area contributed by atoms with E-state index in [2.05, 4.69) is 11.9 Å². The Bertz CT molecular complexity index is 646. The molecular weight excluding hydrogens is 335 g/mol. The van der Waals surface area contributed by atoms with Crippen LogP contribution in [0.5, 0.6) is 0 Å². The lowest BCUT2D eigenvalue weighted by atomic mass is 10.0. The van der Waals surface area contributed by atoms with Gasteiger partial charge in [-0.1, -0.05) is 30.3 Å². The Morgan fingerprint density at radius 3 is 2.60 bits per heavy atom. The quantitative estimate of drug-likeness (QED) is 0.825. The fourth-order valence-electron chi connectivity index (χ4n) is 2.67. The number of rotatable bonds is 5. The molecule has 5 nitrogen and oxygen atoms in total. The molecule has 136 valence electrons. The molecule has 0 aliphatic carbocycles. The van der Waals surface area contributed by atoms with E-state index in [1.54, 1.807) is 0 Å². The van der Waals surface area contributed by atoms with E-state index in [1.165, 1.54) is 16.5 Å². The Hall–Kier alpha value is -2.51. The third-order valence-corrected chi connectivity index (χ3v) is 3.88. The molecule has 0 aromatic heterocycles. The SMILES string of the molecule is C=CCN(CC(F)(F)F)C(=O)CNC(=O)N1CCc2ccccc2C1. The van der Waals surface area contributed by atoms with E-state index >= 15 is 0 Å². The fraction of sp³-hybridized carbons (Fsp3) is 0.412. The summed E-state index contributed by atoms with van der Waals surface area (Å²) in [6.45, 7) is 2.17. The van der Waals surface area contributed by atoms with Gasteiger partial charge in [0.05, 0.1) is 6.54 Å². The largest absolute Gasteiger partial charge is 0.406 e. The van der Waals surface area contributed by atoms with Crippen molar-refractivity contribution < 1.29 is 22.8 Å². The van der Waals surface area contributed by atoms with Gasteiger partial charge in [0.1, 0.15) is 6.54 Å². The molecule has 1 N–H and O–H groups in total. The lowest BCUT2D eigenvalue weighted by Crippen LogP contribution is -2.48. The van der Waals surface area contributed by atoms with Gasteiger partial charge in [0.2, 0.25) is 5.91 Å². The van der Waals surface area contributed by atoms with Crippen LogP contribution in [0.3, 0.4) is 0 Å². The van der Waals surface area contributed by atoms with Crippen molar-refractivity contribution in [2.45, 2.75) is 19.1 Å². The summed E-state index contributed by atoms with van der Waals surface area (Å²) in [5.74, 6) is -0.803. The number of hydrogen-bond acceptors (Lipinski definition) is 2. The second kappa shape index (κ2) is 8.04. The zero-order valence-corrected chi connectivity index (χ0v) is 13.7. The number of nitrogens with one attached hydrogen (secondary N) is 1. The first-order valence-electron chi connectivity index (χ1n) is 7.85. The molecule has 3 amide bonds. The van der Waals surface area contributed by atoms with Crippen LogP contribution >= 0.6 is 0 Å². The van der Waals surface area contributed by atoms with Gasteiger partial charge < -0.3 is 15.1 Å². The highest BCUT2D eigenvalue weighted by Crippen LogP contribution is 2.18. The molecule has 0 fully saturated rings.